The normalized spacial score (nSPS) is 20.3. The number of alkyl carbamates (subject to hydrolysis) is 1. The van der Waals surface area contributed by atoms with Gasteiger partial charge >= 0.3 is 6.09 Å². The van der Waals surface area contributed by atoms with E-state index in [0.29, 0.717) is 37.8 Å². The Labute approximate surface area is 384 Å². The minimum absolute atomic E-state index is 0.0205. The Morgan fingerprint density at radius 3 is 2.48 bits per heavy atom. The molecule has 4 N–H and O–H groups in total. The predicted molar refractivity (Wildman–Crippen MR) is 250 cm³/mol. The average Bonchev–Trinajstić information content (AvgIpc) is 4.17. The molecule has 0 spiro atoms. The maximum absolute atomic E-state index is 14.5. The fraction of sp³-hybridized carbons (Fsp3) is 0.412. The van der Waals surface area contributed by atoms with Crippen LogP contribution < -0.4 is 15.4 Å². The standard InChI is InChI=1S/C51H58N8O7/c1-7-28(3)44(57-51(63)65-6)50(62)59-29(4)14-19-40(59)47-52-24-39(54-47)33-15-17-35-34(21-33)27-66-42-23-36-32(22-37(35)42)16-18-38-46(36)56-48(53-38)41-20-30(26-64-5)25-58(41)49(61)45(55-43(60)8-2)31-12-10-9-11-13-31/h9-13,15-18,21-24,28-30,40-41,44-45H,7-8,14,19-20,25-27H2,1-6H3,(H,52,54)(H,53,56)(H,55,60)(H,57,63)/t28-,29-,30-,40-,41-,44?,45+/m0/s1. The van der Waals surface area contributed by atoms with Crippen molar-refractivity contribution in [2.45, 2.75) is 96.6 Å². The molecular formula is C51H58N8O7. The Balaban J connectivity index is 0.979. The molecular weight excluding hydrogens is 837 g/mol. The largest absolute Gasteiger partial charge is 0.488 e. The SMILES string of the molecule is CCC(=O)N[C@@H](C(=O)N1C[C@@H](COC)C[C@H]1c1nc2ccc3cc4c(cc3c2[nH]1)OCc1cc(-c2cnc([C@@H]3CC[C@H](C)N3C(=O)C(NC(=O)OC)[C@@H](C)CC)[nH]2)ccc1-4)c1ccccc1. The topological polar surface area (TPSA) is 184 Å². The number of benzene rings is 4. The molecule has 6 aromatic rings. The average molecular weight is 895 g/mol. The summed E-state index contributed by atoms with van der Waals surface area (Å²) in [6.07, 6.45) is 4.41. The van der Waals surface area contributed by atoms with E-state index in [2.05, 4.69) is 57.0 Å². The van der Waals surface area contributed by atoms with Crippen LogP contribution in [0.4, 0.5) is 4.79 Å². The number of ether oxygens (including phenoxy) is 3. The molecule has 0 saturated carbocycles. The van der Waals surface area contributed by atoms with Crippen molar-refractivity contribution in [2.24, 2.45) is 11.8 Å². The van der Waals surface area contributed by atoms with Gasteiger partial charge in [0.05, 0.1) is 48.7 Å². The van der Waals surface area contributed by atoms with Gasteiger partial charge in [0.25, 0.3) is 0 Å². The van der Waals surface area contributed by atoms with E-state index in [-0.39, 0.29) is 54.1 Å². The van der Waals surface area contributed by atoms with E-state index in [1.807, 2.05) is 73.2 Å². The van der Waals surface area contributed by atoms with Crippen LogP contribution >= 0.6 is 0 Å². The number of methoxy groups -OCH3 is 2. The molecule has 1 unspecified atom stereocenters. The third kappa shape index (κ3) is 8.36. The number of carbonyl (C=O) groups is 4. The van der Waals surface area contributed by atoms with Crippen LogP contribution in [0.2, 0.25) is 0 Å². The lowest BCUT2D eigenvalue weighted by Gasteiger charge is -2.33. The number of aromatic nitrogens is 4. The maximum atomic E-state index is 14.5. The van der Waals surface area contributed by atoms with E-state index in [1.54, 1.807) is 14.0 Å². The summed E-state index contributed by atoms with van der Waals surface area (Å²) in [5.74, 6) is 1.65. The van der Waals surface area contributed by atoms with Crippen LogP contribution in [-0.2, 0) is 30.5 Å². The summed E-state index contributed by atoms with van der Waals surface area (Å²) in [5, 5.41) is 7.73. The van der Waals surface area contributed by atoms with Crippen LogP contribution in [0, 0.1) is 11.8 Å². The lowest BCUT2D eigenvalue weighted by atomic mass is 9.92. The molecule has 0 bridgehead atoms. The van der Waals surface area contributed by atoms with Crippen molar-refractivity contribution in [2.75, 3.05) is 27.4 Å². The molecule has 7 atom stereocenters. The number of hydrogen-bond acceptors (Lipinski definition) is 9. The molecule has 3 aliphatic rings. The van der Waals surface area contributed by atoms with E-state index in [1.165, 1.54) is 7.11 Å². The monoisotopic (exact) mass is 894 g/mol. The Hall–Kier alpha value is -6.74. The van der Waals surface area contributed by atoms with Crippen molar-refractivity contribution >= 4 is 45.6 Å². The third-order valence-corrected chi connectivity index (χ3v) is 13.8. The first-order valence-corrected chi connectivity index (χ1v) is 23.1. The molecule has 4 aromatic carbocycles. The number of aromatic amines is 2. The third-order valence-electron chi connectivity index (χ3n) is 13.8. The van der Waals surface area contributed by atoms with Gasteiger partial charge in [0.2, 0.25) is 17.7 Å². The highest BCUT2D eigenvalue weighted by Crippen LogP contribution is 2.44. The highest BCUT2D eigenvalue weighted by Gasteiger charge is 2.43. The Bertz CT molecular complexity index is 2790. The number of H-pyrrole nitrogens is 2. The summed E-state index contributed by atoms with van der Waals surface area (Å²) in [4.78, 5) is 74.2. The van der Waals surface area contributed by atoms with Gasteiger partial charge in [-0.1, -0.05) is 75.7 Å². The summed E-state index contributed by atoms with van der Waals surface area (Å²) in [6.45, 7) is 9.12. The summed E-state index contributed by atoms with van der Waals surface area (Å²) >= 11 is 0. The summed E-state index contributed by atoms with van der Waals surface area (Å²) in [5.41, 5.74) is 7.27. The molecule has 5 heterocycles. The molecule has 15 heteroatoms. The molecule has 4 amide bonds. The number of rotatable bonds is 13. The zero-order valence-corrected chi connectivity index (χ0v) is 38.4. The molecule has 15 nitrogen and oxygen atoms in total. The van der Waals surface area contributed by atoms with Gasteiger partial charge in [-0.2, -0.15) is 0 Å². The minimum Gasteiger partial charge on any atom is -0.488 e. The van der Waals surface area contributed by atoms with Gasteiger partial charge in [-0.3, -0.25) is 14.4 Å². The molecule has 0 aliphatic carbocycles. The molecule has 0 radical (unpaired) electrons. The van der Waals surface area contributed by atoms with Crippen molar-refractivity contribution < 1.29 is 33.4 Å². The second-order valence-corrected chi connectivity index (χ2v) is 18.0. The quantitative estimate of drug-likeness (QED) is 0.0886. The molecule has 2 saturated heterocycles. The zero-order valence-electron chi connectivity index (χ0n) is 38.4. The van der Waals surface area contributed by atoms with Gasteiger partial charge in [-0.25, -0.2) is 14.8 Å². The highest BCUT2D eigenvalue weighted by atomic mass is 16.5. The first-order valence-electron chi connectivity index (χ1n) is 23.1. The summed E-state index contributed by atoms with van der Waals surface area (Å²) in [7, 11) is 2.98. The first kappa shape index (κ1) is 44.5. The predicted octanol–water partition coefficient (Wildman–Crippen LogP) is 8.29. The number of nitrogens with one attached hydrogen (secondary N) is 4. The molecule has 2 fully saturated rings. The Kier molecular flexibility index (Phi) is 12.5. The van der Waals surface area contributed by atoms with Crippen LogP contribution in [0.5, 0.6) is 5.75 Å². The van der Waals surface area contributed by atoms with Crippen LogP contribution in [0.15, 0.2) is 79.0 Å². The summed E-state index contributed by atoms with van der Waals surface area (Å²) in [6, 6.07) is 21.9. The van der Waals surface area contributed by atoms with E-state index < -0.39 is 18.2 Å². The molecule has 344 valence electrons. The van der Waals surface area contributed by atoms with Gasteiger partial charge in [0.15, 0.2) is 0 Å². The van der Waals surface area contributed by atoms with Crippen LogP contribution in [-0.4, -0.2) is 93.0 Å². The van der Waals surface area contributed by atoms with Crippen molar-refractivity contribution in [1.29, 1.82) is 0 Å². The molecule has 3 aliphatic heterocycles. The van der Waals surface area contributed by atoms with E-state index >= 15 is 0 Å². The van der Waals surface area contributed by atoms with Gasteiger partial charge in [-0.05, 0) is 84.0 Å². The van der Waals surface area contributed by atoms with Gasteiger partial charge in [-0.15, -0.1) is 0 Å². The number of carbonyl (C=O) groups excluding carboxylic acids is 4. The number of nitrogens with zero attached hydrogens (tertiary/aromatic N) is 4. The van der Waals surface area contributed by atoms with Crippen molar-refractivity contribution in [3.05, 3.63) is 102 Å². The smallest absolute Gasteiger partial charge is 0.407 e. The van der Waals surface area contributed by atoms with Crippen molar-refractivity contribution in [1.82, 2.24) is 40.4 Å². The second kappa shape index (κ2) is 18.6. The van der Waals surface area contributed by atoms with Gasteiger partial charge in [0.1, 0.15) is 36.1 Å². The lowest BCUT2D eigenvalue weighted by Crippen LogP contribution is -2.53. The summed E-state index contributed by atoms with van der Waals surface area (Å²) < 4.78 is 16.9. The van der Waals surface area contributed by atoms with Crippen LogP contribution in [0.3, 0.4) is 0 Å². The fourth-order valence-electron chi connectivity index (χ4n) is 10.1. The number of imidazole rings is 2. The maximum Gasteiger partial charge on any atom is 0.407 e. The lowest BCUT2D eigenvalue weighted by molar-refractivity contribution is -0.138. The molecule has 2 aromatic heterocycles. The number of amides is 4. The van der Waals surface area contributed by atoms with Crippen LogP contribution in [0.25, 0.3) is 44.2 Å². The van der Waals surface area contributed by atoms with Gasteiger partial charge < -0.3 is 44.6 Å². The number of hydrogen-bond donors (Lipinski definition) is 4. The van der Waals surface area contributed by atoms with E-state index in [4.69, 9.17) is 24.2 Å². The highest BCUT2D eigenvalue weighted by molar-refractivity contribution is 6.07. The minimum atomic E-state index is -0.831. The van der Waals surface area contributed by atoms with E-state index in [0.717, 1.165) is 80.3 Å². The fourth-order valence-corrected chi connectivity index (χ4v) is 10.1. The number of likely N-dealkylation sites (tertiary alicyclic amines) is 2. The zero-order chi connectivity index (χ0) is 46.2. The first-order chi connectivity index (χ1) is 32.0. The Morgan fingerprint density at radius 1 is 0.909 bits per heavy atom. The molecule has 9 rings (SSSR count). The Morgan fingerprint density at radius 2 is 1.73 bits per heavy atom. The van der Waals surface area contributed by atoms with Crippen molar-refractivity contribution in [3.63, 3.8) is 0 Å². The van der Waals surface area contributed by atoms with Crippen LogP contribution in [0.1, 0.15) is 101 Å². The number of fused-ring (bicyclic) bond motifs is 6. The van der Waals surface area contributed by atoms with Gasteiger partial charge in [0, 0.05) is 43.0 Å². The molecule has 66 heavy (non-hydrogen) atoms. The second-order valence-electron chi connectivity index (χ2n) is 18.0. The van der Waals surface area contributed by atoms with E-state index in [9.17, 15) is 19.2 Å². The van der Waals surface area contributed by atoms with Crippen molar-refractivity contribution in [3.8, 4) is 28.1 Å².